The average molecular weight is 493 g/mol. The van der Waals surface area contributed by atoms with Crippen molar-refractivity contribution in [3.05, 3.63) is 82.8 Å². The van der Waals surface area contributed by atoms with Gasteiger partial charge in [0, 0.05) is 54.4 Å². The number of phenolic OH excluding ortho intramolecular Hbond substituents is 1. The number of halogens is 1. The summed E-state index contributed by atoms with van der Waals surface area (Å²) in [7, 11) is 1.26. The Labute approximate surface area is 206 Å². The Kier molecular flexibility index (Phi) is 7.25. The van der Waals surface area contributed by atoms with E-state index in [9.17, 15) is 23.9 Å². The molecule has 1 fully saturated rings. The zero-order valence-electron chi connectivity index (χ0n) is 19.5. The van der Waals surface area contributed by atoms with Gasteiger partial charge in [-0.2, -0.15) is 0 Å². The lowest BCUT2D eigenvalue weighted by atomic mass is 9.93. The van der Waals surface area contributed by atoms with Crippen LogP contribution < -0.4 is 21.1 Å². The van der Waals surface area contributed by atoms with Crippen LogP contribution in [0.5, 0.6) is 11.5 Å². The number of nitrogen functional groups attached to an aromatic ring is 1. The first-order chi connectivity index (χ1) is 17.3. The maximum absolute atomic E-state index is 14.6. The predicted molar refractivity (Wildman–Crippen MR) is 130 cm³/mol. The fourth-order valence-corrected chi connectivity index (χ4v) is 4.19. The van der Waals surface area contributed by atoms with Crippen molar-refractivity contribution in [3.8, 4) is 11.5 Å². The van der Waals surface area contributed by atoms with E-state index in [0.717, 1.165) is 0 Å². The molecule has 0 aliphatic carbocycles. The number of aromatic nitrogens is 1. The van der Waals surface area contributed by atoms with E-state index in [-0.39, 0.29) is 47.2 Å². The van der Waals surface area contributed by atoms with E-state index in [0.29, 0.717) is 24.2 Å². The van der Waals surface area contributed by atoms with Crippen molar-refractivity contribution in [2.75, 3.05) is 25.9 Å². The normalized spacial score (nSPS) is 16.9. The van der Waals surface area contributed by atoms with Crippen molar-refractivity contribution in [1.29, 1.82) is 0 Å². The lowest BCUT2D eigenvalue weighted by Crippen LogP contribution is -2.41. The minimum absolute atomic E-state index is 0.110. The van der Waals surface area contributed by atoms with E-state index in [1.54, 1.807) is 6.07 Å². The highest BCUT2D eigenvalue weighted by molar-refractivity contribution is 6.11. The topological polar surface area (TPSA) is 144 Å². The lowest BCUT2D eigenvalue weighted by Gasteiger charge is -2.19. The van der Waals surface area contributed by atoms with Gasteiger partial charge in [-0.1, -0.05) is 24.3 Å². The third kappa shape index (κ3) is 5.18. The number of aromatic hydroxyl groups is 1. The number of hydrogen-bond acceptors (Lipinski definition) is 8. The standard InChI is InChI=1S/C26H25FN4O5/c1-36-21-7-6-19(32)23(24(21)27)25(34)15-4-2-14(3-5-15)20(33)10-17-12-29-13-18(17)31-26(35)16-8-9-30-22(28)11-16/h2-9,11,17-18,29,32H,10,12-13H2,1H3,(H2,28,30)(H,31,35)/t17-,18-/m1/s1. The SMILES string of the molecule is COc1ccc(O)c(C(=O)c2ccc(C(=O)C[C@@H]3CNC[C@H]3NC(=O)c3ccnc(N)c3)cc2)c1F. The number of benzene rings is 2. The maximum Gasteiger partial charge on any atom is 0.251 e. The van der Waals surface area contributed by atoms with Crippen LogP contribution in [0, 0.1) is 11.7 Å². The monoisotopic (exact) mass is 492 g/mol. The number of nitrogens with two attached hydrogens (primary N) is 1. The van der Waals surface area contributed by atoms with Crippen molar-refractivity contribution in [3.63, 3.8) is 0 Å². The quantitative estimate of drug-likeness (QED) is 0.351. The molecule has 10 heteroatoms. The van der Waals surface area contributed by atoms with Gasteiger partial charge in [0.1, 0.15) is 17.1 Å². The number of carbonyl (C=O) groups excluding carboxylic acids is 3. The Morgan fingerprint density at radius 2 is 1.83 bits per heavy atom. The summed E-state index contributed by atoms with van der Waals surface area (Å²) in [5.41, 5.74) is 6.02. The van der Waals surface area contributed by atoms with Gasteiger partial charge in [0.25, 0.3) is 5.91 Å². The van der Waals surface area contributed by atoms with Gasteiger partial charge in [-0.05, 0) is 24.3 Å². The number of Topliss-reactive ketones (excluding diaryl/α,β-unsaturated/α-hetero) is 1. The van der Waals surface area contributed by atoms with Gasteiger partial charge in [-0.15, -0.1) is 0 Å². The molecular weight excluding hydrogens is 467 g/mol. The van der Waals surface area contributed by atoms with Gasteiger partial charge in [-0.3, -0.25) is 14.4 Å². The van der Waals surface area contributed by atoms with Crippen LogP contribution in [0.15, 0.2) is 54.7 Å². The third-order valence-corrected chi connectivity index (χ3v) is 6.15. The van der Waals surface area contributed by atoms with Gasteiger partial charge in [0.15, 0.2) is 23.1 Å². The summed E-state index contributed by atoms with van der Waals surface area (Å²) in [6.45, 7) is 1.08. The molecule has 4 rings (SSSR count). The van der Waals surface area contributed by atoms with Crippen LogP contribution in [-0.4, -0.2) is 53.8 Å². The fourth-order valence-electron chi connectivity index (χ4n) is 4.19. The third-order valence-electron chi connectivity index (χ3n) is 6.15. The number of methoxy groups -OCH3 is 1. The van der Waals surface area contributed by atoms with Crippen molar-refractivity contribution in [2.45, 2.75) is 12.5 Å². The molecule has 0 saturated carbocycles. The molecule has 0 radical (unpaired) electrons. The number of amides is 1. The van der Waals surface area contributed by atoms with E-state index in [2.05, 4.69) is 15.6 Å². The smallest absolute Gasteiger partial charge is 0.251 e. The van der Waals surface area contributed by atoms with Crippen LogP contribution in [0.3, 0.4) is 0 Å². The molecule has 2 heterocycles. The second-order valence-corrected chi connectivity index (χ2v) is 8.48. The molecule has 1 aliphatic rings. The van der Waals surface area contributed by atoms with Crippen LogP contribution in [0.4, 0.5) is 10.2 Å². The second-order valence-electron chi connectivity index (χ2n) is 8.48. The van der Waals surface area contributed by atoms with E-state index in [1.807, 2.05) is 0 Å². The highest BCUT2D eigenvalue weighted by Crippen LogP contribution is 2.30. The lowest BCUT2D eigenvalue weighted by molar-refractivity contribution is 0.0902. The Bertz CT molecular complexity index is 1310. The maximum atomic E-state index is 14.6. The number of carbonyl (C=O) groups is 3. The van der Waals surface area contributed by atoms with Crippen molar-refractivity contribution in [2.24, 2.45) is 5.92 Å². The van der Waals surface area contributed by atoms with Crippen LogP contribution in [0.1, 0.15) is 43.1 Å². The van der Waals surface area contributed by atoms with Crippen LogP contribution in [-0.2, 0) is 0 Å². The van der Waals surface area contributed by atoms with E-state index < -0.39 is 22.9 Å². The molecule has 1 saturated heterocycles. The van der Waals surface area contributed by atoms with Gasteiger partial charge < -0.3 is 26.2 Å². The number of phenols is 1. The number of nitrogens with one attached hydrogen (secondary N) is 2. The molecule has 1 amide bonds. The Morgan fingerprint density at radius 3 is 2.53 bits per heavy atom. The minimum atomic E-state index is -0.959. The summed E-state index contributed by atoms with van der Waals surface area (Å²) in [5.74, 6) is -2.72. The highest BCUT2D eigenvalue weighted by Gasteiger charge is 2.31. The van der Waals surface area contributed by atoms with Gasteiger partial charge in [0.2, 0.25) is 0 Å². The number of ketones is 2. The molecule has 0 spiro atoms. The first-order valence-electron chi connectivity index (χ1n) is 11.2. The van der Waals surface area contributed by atoms with E-state index >= 15 is 0 Å². The summed E-state index contributed by atoms with van der Waals surface area (Å²) in [4.78, 5) is 42.2. The average Bonchev–Trinajstić information content (AvgIpc) is 3.30. The molecule has 1 aromatic heterocycles. The van der Waals surface area contributed by atoms with Gasteiger partial charge in [-0.25, -0.2) is 9.37 Å². The fraction of sp³-hybridized carbons (Fsp3) is 0.231. The van der Waals surface area contributed by atoms with E-state index in [4.69, 9.17) is 10.5 Å². The predicted octanol–water partition coefficient (Wildman–Crippen LogP) is 2.34. The summed E-state index contributed by atoms with van der Waals surface area (Å²) in [5, 5.41) is 16.1. The zero-order chi connectivity index (χ0) is 25.8. The molecule has 0 bridgehead atoms. The van der Waals surface area contributed by atoms with Crippen LogP contribution in [0.2, 0.25) is 0 Å². The summed E-state index contributed by atoms with van der Waals surface area (Å²) >= 11 is 0. The first-order valence-corrected chi connectivity index (χ1v) is 11.2. The second kappa shape index (κ2) is 10.5. The highest BCUT2D eigenvalue weighted by atomic mass is 19.1. The molecule has 0 unspecified atom stereocenters. The number of nitrogens with zero attached hydrogens (tertiary/aromatic N) is 1. The minimum Gasteiger partial charge on any atom is -0.507 e. The van der Waals surface area contributed by atoms with Crippen molar-refractivity contribution < 1.29 is 28.6 Å². The van der Waals surface area contributed by atoms with Crippen LogP contribution >= 0.6 is 0 Å². The molecule has 1 aliphatic heterocycles. The Morgan fingerprint density at radius 1 is 1.11 bits per heavy atom. The summed E-state index contributed by atoms with van der Waals surface area (Å²) < 4.78 is 19.4. The van der Waals surface area contributed by atoms with Crippen molar-refractivity contribution >= 4 is 23.3 Å². The molecule has 36 heavy (non-hydrogen) atoms. The number of anilines is 1. The number of rotatable bonds is 8. The van der Waals surface area contributed by atoms with Crippen LogP contribution in [0.25, 0.3) is 0 Å². The molecular formula is C26H25FN4O5. The first kappa shape index (κ1) is 24.8. The molecule has 2 atom stereocenters. The van der Waals surface area contributed by atoms with Gasteiger partial charge >= 0.3 is 0 Å². The van der Waals surface area contributed by atoms with E-state index in [1.165, 1.54) is 55.8 Å². The Balaban J connectivity index is 1.43. The molecule has 9 nitrogen and oxygen atoms in total. The van der Waals surface area contributed by atoms with Crippen molar-refractivity contribution in [1.82, 2.24) is 15.6 Å². The number of ether oxygens (including phenoxy) is 1. The summed E-state index contributed by atoms with van der Waals surface area (Å²) in [6.07, 6.45) is 1.63. The number of hydrogen-bond donors (Lipinski definition) is 4. The largest absolute Gasteiger partial charge is 0.507 e. The molecule has 2 aromatic carbocycles. The molecule has 186 valence electrons. The molecule has 3 aromatic rings. The summed E-state index contributed by atoms with van der Waals surface area (Å²) in [6, 6.07) is 11.0. The number of pyridine rings is 1. The zero-order valence-corrected chi connectivity index (χ0v) is 19.5. The Hall–Kier alpha value is -4.31. The molecule has 5 N–H and O–H groups in total. The van der Waals surface area contributed by atoms with Gasteiger partial charge in [0.05, 0.1) is 7.11 Å².